The van der Waals surface area contributed by atoms with Crippen LogP contribution in [0.1, 0.15) is 22.2 Å². The van der Waals surface area contributed by atoms with Crippen LogP contribution in [-0.4, -0.2) is 34.4 Å². The first-order valence-electron chi connectivity index (χ1n) is 8.76. The number of amides is 1. The lowest BCUT2D eigenvalue weighted by Crippen LogP contribution is -2.35. The Morgan fingerprint density at radius 3 is 2.97 bits per heavy atom. The second kappa shape index (κ2) is 8.47. The molecule has 0 aliphatic carbocycles. The van der Waals surface area contributed by atoms with Crippen molar-refractivity contribution in [3.05, 3.63) is 62.3 Å². The summed E-state index contributed by atoms with van der Waals surface area (Å²) in [6.07, 6.45) is 3.19. The molecule has 152 valence electrons. The van der Waals surface area contributed by atoms with Gasteiger partial charge < -0.3 is 9.47 Å². The van der Waals surface area contributed by atoms with Gasteiger partial charge in [0.25, 0.3) is 5.91 Å². The van der Waals surface area contributed by atoms with E-state index in [0.717, 1.165) is 0 Å². The highest BCUT2D eigenvalue weighted by atomic mass is 35.5. The molecule has 3 heterocycles. The van der Waals surface area contributed by atoms with E-state index < -0.39 is 11.9 Å². The molecule has 4 rings (SSSR count). The van der Waals surface area contributed by atoms with Crippen LogP contribution in [0.5, 0.6) is 11.5 Å². The van der Waals surface area contributed by atoms with Crippen LogP contribution in [0, 0.1) is 5.41 Å². The molecule has 2 aliphatic heterocycles. The number of aliphatic imine (C=N–C) groups is 1. The van der Waals surface area contributed by atoms with Crippen LogP contribution in [0.2, 0.25) is 5.02 Å². The summed E-state index contributed by atoms with van der Waals surface area (Å²) in [7, 11) is 0. The van der Waals surface area contributed by atoms with E-state index in [1.807, 2.05) is 0 Å². The van der Waals surface area contributed by atoms with E-state index in [9.17, 15) is 9.59 Å². The van der Waals surface area contributed by atoms with Gasteiger partial charge in [0.05, 0.1) is 17.2 Å². The number of thiophene rings is 1. The summed E-state index contributed by atoms with van der Waals surface area (Å²) < 4.78 is 11.1. The molecular weight excluding hydrogens is 446 g/mol. The van der Waals surface area contributed by atoms with Crippen LogP contribution >= 0.6 is 34.7 Å². The predicted molar refractivity (Wildman–Crippen MR) is 119 cm³/mol. The highest BCUT2D eigenvalue weighted by Gasteiger charge is 2.31. The topological polar surface area (TPSA) is 92.1 Å². The predicted octanol–water partition coefficient (Wildman–Crippen LogP) is 4.80. The minimum Gasteiger partial charge on any atom is -0.490 e. The third-order valence-electron chi connectivity index (χ3n) is 4.07. The monoisotopic (exact) mass is 459 g/mol. The van der Waals surface area contributed by atoms with Crippen molar-refractivity contribution in [1.29, 1.82) is 5.41 Å². The number of hydrogen-bond donors (Lipinski definition) is 1. The number of thioether (sulfide) groups is 1. The maximum Gasteiger partial charge on any atom is 0.353 e. The molecule has 0 radical (unpaired) electrons. The zero-order chi connectivity index (χ0) is 21.3. The van der Waals surface area contributed by atoms with Gasteiger partial charge in [-0.15, -0.1) is 11.3 Å². The summed E-state index contributed by atoms with van der Waals surface area (Å²) in [5.41, 5.74) is 0.634. The molecule has 0 fully saturated rings. The summed E-state index contributed by atoms with van der Waals surface area (Å²) in [6, 6.07) is 6.55. The Kier molecular flexibility index (Phi) is 5.76. The maximum atomic E-state index is 12.4. The van der Waals surface area contributed by atoms with Crippen molar-refractivity contribution in [2.45, 2.75) is 6.92 Å². The molecule has 0 saturated heterocycles. The molecule has 2 aromatic rings. The number of carbonyl (C=O) groups is 2. The molecule has 0 unspecified atom stereocenters. The summed E-state index contributed by atoms with van der Waals surface area (Å²) in [5.74, 6) is -0.665. The van der Waals surface area contributed by atoms with Gasteiger partial charge in [-0.2, -0.15) is 4.99 Å². The standard InChI is InChI=1S/C20H14ClN3O4S2/c1-2-27-14-10-11(8-12-17(22)24-5-7-30-20(24)23-18(12)25)9-13(21)16(14)28-19(26)15-4-3-6-29-15/h3-10,22H,2H2,1H3/b12-8+,22-17?. The fraction of sp³-hybridized carbons (Fsp3) is 0.100. The number of amidine groups is 2. The van der Waals surface area contributed by atoms with Gasteiger partial charge in [-0.1, -0.05) is 29.4 Å². The number of rotatable bonds is 5. The number of nitrogens with zero attached hydrogens (tertiary/aromatic N) is 2. The second-order valence-corrected chi connectivity index (χ2v) is 8.24. The molecule has 1 amide bonds. The number of ether oxygens (including phenoxy) is 2. The van der Waals surface area contributed by atoms with Crippen LogP contribution in [-0.2, 0) is 4.79 Å². The van der Waals surface area contributed by atoms with Gasteiger partial charge in [-0.3, -0.25) is 15.1 Å². The smallest absolute Gasteiger partial charge is 0.353 e. The van der Waals surface area contributed by atoms with Crippen LogP contribution < -0.4 is 9.47 Å². The average molecular weight is 460 g/mol. The summed E-state index contributed by atoms with van der Waals surface area (Å²) >= 11 is 8.92. The first kappa shape index (κ1) is 20.4. The van der Waals surface area contributed by atoms with Crippen LogP contribution in [0.15, 0.2) is 51.8 Å². The molecule has 7 nitrogen and oxygen atoms in total. The minimum atomic E-state index is -0.539. The molecule has 0 atom stereocenters. The summed E-state index contributed by atoms with van der Waals surface area (Å²) in [4.78, 5) is 30.7. The Morgan fingerprint density at radius 2 is 2.23 bits per heavy atom. The van der Waals surface area contributed by atoms with Gasteiger partial charge in [-0.05, 0) is 47.6 Å². The molecule has 1 aromatic carbocycles. The molecule has 0 saturated carbocycles. The molecule has 1 N–H and O–H groups in total. The van der Waals surface area contributed by atoms with Gasteiger partial charge in [0.2, 0.25) is 0 Å². The lowest BCUT2D eigenvalue weighted by Gasteiger charge is -2.22. The zero-order valence-electron chi connectivity index (χ0n) is 15.5. The Morgan fingerprint density at radius 1 is 1.40 bits per heavy atom. The molecule has 0 spiro atoms. The van der Waals surface area contributed by atoms with Crippen LogP contribution in [0.3, 0.4) is 0 Å². The molecule has 2 aliphatic rings. The normalized spacial score (nSPS) is 16.7. The van der Waals surface area contributed by atoms with E-state index in [1.54, 1.807) is 48.2 Å². The van der Waals surface area contributed by atoms with E-state index in [-0.39, 0.29) is 27.9 Å². The van der Waals surface area contributed by atoms with E-state index in [4.69, 9.17) is 26.5 Å². The molecule has 30 heavy (non-hydrogen) atoms. The third-order valence-corrected chi connectivity index (χ3v) is 5.96. The van der Waals surface area contributed by atoms with Crippen LogP contribution in [0.4, 0.5) is 0 Å². The first-order chi connectivity index (χ1) is 14.5. The highest BCUT2D eigenvalue weighted by molar-refractivity contribution is 8.16. The van der Waals surface area contributed by atoms with Crippen molar-refractivity contribution in [2.24, 2.45) is 4.99 Å². The van der Waals surface area contributed by atoms with E-state index in [1.165, 1.54) is 34.1 Å². The third kappa shape index (κ3) is 3.91. The van der Waals surface area contributed by atoms with E-state index in [0.29, 0.717) is 22.2 Å². The van der Waals surface area contributed by atoms with Crippen LogP contribution in [0.25, 0.3) is 6.08 Å². The van der Waals surface area contributed by atoms with E-state index in [2.05, 4.69) is 4.99 Å². The fourth-order valence-corrected chi connectivity index (χ4v) is 4.33. The Hall–Kier alpha value is -2.88. The molecule has 1 aromatic heterocycles. The van der Waals surface area contributed by atoms with Crippen molar-refractivity contribution < 1.29 is 19.1 Å². The summed E-state index contributed by atoms with van der Waals surface area (Å²) in [5, 5.41) is 12.4. The first-order valence-corrected chi connectivity index (χ1v) is 10.9. The van der Waals surface area contributed by atoms with Crippen molar-refractivity contribution in [2.75, 3.05) is 6.61 Å². The Balaban J connectivity index is 1.69. The fourth-order valence-electron chi connectivity index (χ4n) is 2.77. The van der Waals surface area contributed by atoms with Gasteiger partial charge in [-0.25, -0.2) is 4.79 Å². The maximum absolute atomic E-state index is 12.4. The van der Waals surface area contributed by atoms with Gasteiger partial charge in [0, 0.05) is 6.20 Å². The van der Waals surface area contributed by atoms with E-state index >= 15 is 0 Å². The Labute approximate surface area is 185 Å². The largest absolute Gasteiger partial charge is 0.490 e. The van der Waals surface area contributed by atoms with Crippen molar-refractivity contribution in [3.63, 3.8) is 0 Å². The van der Waals surface area contributed by atoms with Crippen molar-refractivity contribution in [1.82, 2.24) is 4.90 Å². The second-order valence-electron chi connectivity index (χ2n) is 6.01. The van der Waals surface area contributed by atoms with Gasteiger partial charge >= 0.3 is 5.97 Å². The number of fused-ring (bicyclic) bond motifs is 1. The Bertz CT molecular complexity index is 1140. The SMILES string of the molecule is CCOc1cc(/C=C2\C(=N)N3C=CSC3=NC2=O)cc(Cl)c1OC(=O)c1cccs1. The molecular formula is C20H14ClN3O4S2. The number of hydrogen-bond acceptors (Lipinski definition) is 7. The number of esters is 1. The number of benzene rings is 1. The number of carbonyl (C=O) groups excluding carboxylic acids is 2. The highest BCUT2D eigenvalue weighted by Crippen LogP contribution is 2.38. The zero-order valence-corrected chi connectivity index (χ0v) is 17.9. The molecule has 10 heteroatoms. The molecule has 0 bridgehead atoms. The lowest BCUT2D eigenvalue weighted by molar-refractivity contribution is -0.114. The number of nitrogens with one attached hydrogen (secondary N) is 1. The minimum absolute atomic E-state index is 0.0218. The van der Waals surface area contributed by atoms with Crippen molar-refractivity contribution in [3.8, 4) is 11.5 Å². The van der Waals surface area contributed by atoms with Gasteiger partial charge in [0.15, 0.2) is 16.7 Å². The van der Waals surface area contributed by atoms with Crippen molar-refractivity contribution >= 4 is 63.7 Å². The average Bonchev–Trinajstić information content (AvgIpc) is 3.40. The van der Waals surface area contributed by atoms with Gasteiger partial charge in [0.1, 0.15) is 10.7 Å². The summed E-state index contributed by atoms with van der Waals surface area (Å²) in [6.45, 7) is 2.11. The quantitative estimate of drug-likeness (QED) is 0.392. The number of halogens is 1. The lowest BCUT2D eigenvalue weighted by atomic mass is 10.1.